The van der Waals surface area contributed by atoms with Crippen LogP contribution in [0.15, 0.2) is 71.4 Å². The zero-order chi connectivity index (χ0) is 46.9. The fourth-order valence-corrected chi connectivity index (χ4v) is 7.21. The Morgan fingerprint density at radius 2 is 1.43 bits per heavy atom. The summed E-state index contributed by atoms with van der Waals surface area (Å²) in [4.78, 5) is 82.1. The van der Waals surface area contributed by atoms with Gasteiger partial charge in [-0.2, -0.15) is 5.10 Å². The van der Waals surface area contributed by atoms with E-state index in [2.05, 4.69) is 25.7 Å². The Bertz CT molecular complexity index is 2770. The number of amides is 5. The van der Waals surface area contributed by atoms with Crippen molar-refractivity contribution in [2.24, 2.45) is 22.2 Å². The van der Waals surface area contributed by atoms with Crippen molar-refractivity contribution in [3.8, 4) is 11.5 Å². The lowest BCUT2D eigenvalue weighted by molar-refractivity contribution is -0.134. The molecular formula is C44H54N14O7. The molecule has 1 aliphatic heterocycles. The van der Waals surface area contributed by atoms with E-state index >= 15 is 0 Å². The standard InChI is InChI=1S/C44H54N14O7/c1-7-48-32(19-26(3)45)41(62)51-43-50-31-22-29(40(47)61)24-35(65-18-12-11-13-55-17-16-54(5)25-36(55)59)38(31)57(43)15-10-9-14-56-37-30(21-28(39(46)60)23-34(37)64-6)49-44(56)52-42(63)33-20-27(4)53-58(33)8-2/h9-12,19-24H,7-8,13-18,25,45H2,1-6H3,(H2,46,60)(H2,47,61)(H,49,52,63)(H,50,51,62)/b10-9+,12-11+,26-19-,48-32?. The van der Waals surface area contributed by atoms with Crippen molar-refractivity contribution in [3.05, 3.63) is 88.9 Å². The molecule has 1 aliphatic rings. The monoisotopic (exact) mass is 890 g/mol. The SMILES string of the molecule is CCN=C(/C=C(/C)N)C(=O)Nc1nc2cc(C(N)=O)cc(OC/C=C/CN3CCN(C)CC3=O)c2n1C/C=C/Cn1c(NC(=O)c2cc(C)nn2CC)nc2cc(C(N)=O)cc(OC)c21. The van der Waals surface area contributed by atoms with E-state index in [-0.39, 0.29) is 60.1 Å². The normalized spacial score (nSPS) is 14.0. The minimum atomic E-state index is -0.718. The van der Waals surface area contributed by atoms with Crippen LogP contribution in [-0.2, 0) is 29.2 Å². The first-order chi connectivity index (χ1) is 31.1. The molecule has 6 rings (SSSR count). The molecule has 8 N–H and O–H groups in total. The zero-order valence-corrected chi connectivity index (χ0v) is 37.3. The van der Waals surface area contributed by atoms with Gasteiger partial charge in [0.15, 0.2) is 0 Å². The van der Waals surface area contributed by atoms with Gasteiger partial charge in [0.25, 0.3) is 11.8 Å². The van der Waals surface area contributed by atoms with Crippen molar-refractivity contribution in [1.82, 2.24) is 38.7 Å². The molecule has 0 aliphatic carbocycles. The molecule has 5 amide bonds. The zero-order valence-electron chi connectivity index (χ0n) is 37.3. The number of carbonyl (C=O) groups excluding carboxylic acids is 5. The number of aliphatic imine (C=N–C) groups is 1. The molecule has 3 aromatic heterocycles. The van der Waals surface area contributed by atoms with Gasteiger partial charge < -0.3 is 40.7 Å². The van der Waals surface area contributed by atoms with Gasteiger partial charge in [-0.3, -0.25) is 49.2 Å². The van der Waals surface area contributed by atoms with Crippen LogP contribution >= 0.6 is 0 Å². The van der Waals surface area contributed by atoms with Gasteiger partial charge in [0, 0.05) is 62.6 Å². The lowest BCUT2D eigenvalue weighted by atomic mass is 10.1. The Balaban J connectivity index is 1.38. The van der Waals surface area contributed by atoms with Crippen LogP contribution in [0.5, 0.6) is 11.5 Å². The number of anilines is 2. The summed E-state index contributed by atoms with van der Waals surface area (Å²) in [5.41, 5.74) is 20.6. The van der Waals surface area contributed by atoms with E-state index in [9.17, 15) is 24.0 Å². The highest BCUT2D eigenvalue weighted by Crippen LogP contribution is 2.33. The van der Waals surface area contributed by atoms with Crippen molar-refractivity contribution < 1.29 is 33.4 Å². The van der Waals surface area contributed by atoms with Gasteiger partial charge in [-0.1, -0.05) is 18.2 Å². The number of aryl methyl sites for hydroxylation is 2. The van der Waals surface area contributed by atoms with Gasteiger partial charge in [-0.05, 0) is 77.2 Å². The van der Waals surface area contributed by atoms with Crippen molar-refractivity contribution in [3.63, 3.8) is 0 Å². The smallest absolute Gasteiger partial charge is 0.276 e. The van der Waals surface area contributed by atoms with Crippen LogP contribution in [0, 0.1) is 6.92 Å². The number of primary amides is 2. The Labute approximate surface area is 374 Å². The van der Waals surface area contributed by atoms with Crippen LogP contribution in [0.3, 0.4) is 0 Å². The number of benzene rings is 2. The first kappa shape index (κ1) is 46.7. The molecule has 0 spiro atoms. The number of allylic oxidation sites excluding steroid dienone is 3. The quantitative estimate of drug-likeness (QED) is 0.0591. The fourth-order valence-electron chi connectivity index (χ4n) is 7.21. The van der Waals surface area contributed by atoms with Crippen LogP contribution < -0.4 is 37.3 Å². The van der Waals surface area contributed by atoms with Gasteiger partial charge in [0.1, 0.15) is 40.5 Å². The topological polar surface area (TPSA) is 278 Å². The molecule has 4 heterocycles. The van der Waals surface area contributed by atoms with E-state index in [1.165, 1.54) is 37.5 Å². The van der Waals surface area contributed by atoms with Gasteiger partial charge in [0.2, 0.25) is 29.6 Å². The molecule has 1 fully saturated rings. The van der Waals surface area contributed by atoms with Crippen LogP contribution in [0.4, 0.5) is 11.9 Å². The fraction of sp³-hybridized carbons (Fsp3) is 0.341. The highest BCUT2D eigenvalue weighted by Gasteiger charge is 2.24. The number of hydrogen-bond donors (Lipinski definition) is 5. The molecular weight excluding hydrogens is 837 g/mol. The first-order valence-corrected chi connectivity index (χ1v) is 20.9. The molecule has 21 heteroatoms. The summed E-state index contributed by atoms with van der Waals surface area (Å²) in [6, 6.07) is 7.70. The van der Waals surface area contributed by atoms with Crippen LogP contribution in [0.25, 0.3) is 22.1 Å². The maximum Gasteiger partial charge on any atom is 0.276 e. The van der Waals surface area contributed by atoms with Gasteiger partial charge in [-0.25, -0.2) is 9.97 Å². The Morgan fingerprint density at radius 3 is 2.00 bits per heavy atom. The lowest BCUT2D eigenvalue weighted by Crippen LogP contribution is -2.48. The van der Waals surface area contributed by atoms with Gasteiger partial charge in [0.05, 0.1) is 30.4 Å². The molecule has 342 valence electrons. The average Bonchev–Trinajstić information content (AvgIpc) is 3.93. The molecule has 0 bridgehead atoms. The highest BCUT2D eigenvalue weighted by atomic mass is 16.5. The number of rotatable bonds is 19. The van der Waals surface area contributed by atoms with Crippen LogP contribution in [0.1, 0.15) is 57.7 Å². The number of nitrogens with zero attached hydrogens (tertiary/aromatic N) is 9. The number of piperazine rings is 1. The lowest BCUT2D eigenvalue weighted by Gasteiger charge is -2.31. The Hall–Kier alpha value is -7.81. The molecule has 65 heavy (non-hydrogen) atoms. The molecule has 0 unspecified atom stereocenters. The molecule has 2 aromatic carbocycles. The number of hydrogen-bond acceptors (Lipinski definition) is 13. The van der Waals surface area contributed by atoms with Gasteiger partial charge in [-0.15, -0.1) is 0 Å². The maximum absolute atomic E-state index is 13.7. The summed E-state index contributed by atoms with van der Waals surface area (Å²) in [5.74, 6) is -1.61. The van der Waals surface area contributed by atoms with Crippen molar-refractivity contribution in [1.29, 1.82) is 0 Å². The predicted octanol–water partition coefficient (Wildman–Crippen LogP) is 2.60. The minimum absolute atomic E-state index is 0.0322. The highest BCUT2D eigenvalue weighted by molar-refractivity contribution is 6.47. The maximum atomic E-state index is 13.7. The number of aromatic nitrogens is 6. The predicted molar refractivity (Wildman–Crippen MR) is 246 cm³/mol. The summed E-state index contributed by atoms with van der Waals surface area (Å²) >= 11 is 0. The number of imidazole rings is 2. The second-order valence-electron chi connectivity index (χ2n) is 15.2. The summed E-state index contributed by atoms with van der Waals surface area (Å²) in [7, 11) is 3.35. The van der Waals surface area contributed by atoms with Crippen LogP contribution in [-0.4, -0.2) is 127 Å². The van der Waals surface area contributed by atoms with E-state index < -0.39 is 23.6 Å². The van der Waals surface area contributed by atoms with E-state index in [0.717, 1.165) is 6.54 Å². The Kier molecular flexibility index (Phi) is 14.8. The molecule has 1 saturated heterocycles. The Morgan fingerprint density at radius 1 is 0.831 bits per heavy atom. The second-order valence-corrected chi connectivity index (χ2v) is 15.2. The van der Waals surface area contributed by atoms with Crippen LogP contribution in [0.2, 0.25) is 0 Å². The largest absolute Gasteiger partial charge is 0.494 e. The third kappa shape index (κ3) is 10.9. The number of likely N-dealkylation sites (N-methyl/N-ethyl adjacent to an activating group) is 1. The van der Waals surface area contributed by atoms with E-state index in [0.29, 0.717) is 77.6 Å². The van der Waals surface area contributed by atoms with E-state index in [1.54, 1.807) is 63.8 Å². The molecule has 0 atom stereocenters. The summed E-state index contributed by atoms with van der Waals surface area (Å²) in [6.07, 6.45) is 8.68. The third-order valence-electron chi connectivity index (χ3n) is 10.3. The van der Waals surface area contributed by atoms with E-state index in [1.807, 2.05) is 24.9 Å². The summed E-state index contributed by atoms with van der Waals surface area (Å²) in [6.45, 7) is 10.3. The summed E-state index contributed by atoms with van der Waals surface area (Å²) < 4.78 is 16.9. The number of ether oxygens (including phenoxy) is 2. The average molecular weight is 891 g/mol. The molecule has 21 nitrogen and oxygen atoms in total. The van der Waals surface area contributed by atoms with E-state index in [4.69, 9.17) is 31.7 Å². The first-order valence-electron chi connectivity index (χ1n) is 20.9. The third-order valence-corrected chi connectivity index (χ3v) is 10.3. The molecule has 5 aromatic rings. The van der Waals surface area contributed by atoms with Gasteiger partial charge >= 0.3 is 0 Å². The summed E-state index contributed by atoms with van der Waals surface area (Å²) in [5, 5.41) is 10.1. The minimum Gasteiger partial charge on any atom is -0.494 e. The number of fused-ring (bicyclic) bond motifs is 2. The number of carbonyl (C=O) groups is 5. The van der Waals surface area contributed by atoms with Crippen molar-refractivity contribution in [2.75, 3.05) is 64.1 Å². The molecule has 0 radical (unpaired) electrons. The second kappa shape index (κ2) is 20.6. The number of nitrogens with one attached hydrogen (secondary N) is 2. The number of nitrogens with two attached hydrogens (primary N) is 3. The molecule has 0 saturated carbocycles. The number of methoxy groups -OCH3 is 1. The van der Waals surface area contributed by atoms with Crippen molar-refractivity contribution in [2.45, 2.75) is 47.3 Å². The van der Waals surface area contributed by atoms with Crippen molar-refractivity contribution >= 4 is 69.2 Å².